The monoisotopic (exact) mass is 343 g/mol. The molecule has 132 valence electrons. The molecular weight excluding hydrogens is 324 g/mol. The Bertz CT molecular complexity index is 624. The fourth-order valence-corrected chi connectivity index (χ4v) is 2.69. The second-order valence-corrected chi connectivity index (χ2v) is 5.59. The van der Waals surface area contributed by atoms with Crippen LogP contribution in [0, 0.1) is 17.6 Å². The molecule has 1 heterocycles. The molecule has 2 atom stereocenters. The van der Waals surface area contributed by atoms with Crippen LogP contribution in [0.3, 0.4) is 0 Å². The van der Waals surface area contributed by atoms with E-state index < -0.39 is 35.2 Å². The number of ether oxygens (including phenoxy) is 2. The highest BCUT2D eigenvalue weighted by Crippen LogP contribution is 2.38. The minimum Gasteiger partial charge on any atom is -0.481 e. The van der Waals surface area contributed by atoms with Crippen LogP contribution in [0.25, 0.3) is 0 Å². The zero-order valence-electron chi connectivity index (χ0n) is 13.2. The molecule has 1 fully saturated rings. The molecule has 2 rings (SSSR count). The summed E-state index contributed by atoms with van der Waals surface area (Å²) in [5, 5.41) is 11.8. The second-order valence-electron chi connectivity index (χ2n) is 5.59. The minimum absolute atomic E-state index is 0.142. The normalized spacial score (nSPS) is 23.0. The molecule has 0 bridgehead atoms. The zero-order chi connectivity index (χ0) is 17.7. The van der Waals surface area contributed by atoms with E-state index in [1.807, 2.05) is 6.92 Å². The van der Waals surface area contributed by atoms with Crippen molar-refractivity contribution in [1.82, 2.24) is 5.32 Å². The van der Waals surface area contributed by atoms with Gasteiger partial charge in [-0.3, -0.25) is 4.79 Å². The van der Waals surface area contributed by atoms with Crippen molar-refractivity contribution in [2.24, 2.45) is 5.92 Å². The Hall–Kier alpha value is -2.22. The van der Waals surface area contributed by atoms with Crippen molar-refractivity contribution in [2.45, 2.75) is 25.3 Å². The Kier molecular flexibility index (Phi) is 5.71. The number of benzene rings is 1. The third kappa shape index (κ3) is 3.48. The van der Waals surface area contributed by atoms with E-state index in [1.165, 1.54) is 12.1 Å². The molecule has 0 spiro atoms. The molecule has 0 aliphatic carbocycles. The molecule has 0 aromatic heterocycles. The van der Waals surface area contributed by atoms with Crippen molar-refractivity contribution in [3.8, 4) is 0 Å². The Morgan fingerprint density at radius 2 is 2.21 bits per heavy atom. The summed E-state index contributed by atoms with van der Waals surface area (Å²) in [5.41, 5.74) is -2.01. The molecule has 24 heavy (non-hydrogen) atoms. The zero-order valence-corrected chi connectivity index (χ0v) is 13.2. The minimum atomic E-state index is -1.73. The first-order valence-electron chi connectivity index (χ1n) is 7.62. The van der Waals surface area contributed by atoms with Crippen LogP contribution in [0.1, 0.15) is 25.3 Å². The number of hydrogen-bond donors (Lipinski definition) is 2. The van der Waals surface area contributed by atoms with Crippen LogP contribution in [-0.4, -0.2) is 37.0 Å². The number of amides is 1. The highest BCUT2D eigenvalue weighted by Gasteiger charge is 2.52. The number of alkyl carbamates (subject to hydrolysis) is 1. The summed E-state index contributed by atoms with van der Waals surface area (Å²) in [6.07, 6.45) is 0.537. The van der Waals surface area contributed by atoms with E-state index in [0.29, 0.717) is 6.42 Å². The van der Waals surface area contributed by atoms with E-state index >= 15 is 0 Å². The molecule has 8 heteroatoms. The van der Waals surface area contributed by atoms with Gasteiger partial charge in [0.25, 0.3) is 0 Å². The lowest BCUT2D eigenvalue weighted by Crippen LogP contribution is -2.54. The molecule has 1 aliphatic rings. The number of carbonyl (C=O) groups excluding carboxylic acids is 1. The molecular formula is C16H19F2NO5. The quantitative estimate of drug-likeness (QED) is 0.775. The molecule has 6 nitrogen and oxygen atoms in total. The van der Waals surface area contributed by atoms with Gasteiger partial charge in [0.05, 0.1) is 19.8 Å². The lowest BCUT2D eigenvalue weighted by atomic mass is 9.80. The number of rotatable bonds is 6. The number of halogens is 2. The summed E-state index contributed by atoms with van der Waals surface area (Å²) in [7, 11) is 0. The average molecular weight is 343 g/mol. The first kappa shape index (κ1) is 18.1. The van der Waals surface area contributed by atoms with Crippen molar-refractivity contribution in [1.29, 1.82) is 0 Å². The van der Waals surface area contributed by atoms with E-state index in [2.05, 4.69) is 5.32 Å². The van der Waals surface area contributed by atoms with Crippen LogP contribution in [0.15, 0.2) is 18.2 Å². The Morgan fingerprint density at radius 3 is 2.88 bits per heavy atom. The molecule has 1 saturated heterocycles. The van der Waals surface area contributed by atoms with Crippen LogP contribution in [0.5, 0.6) is 0 Å². The summed E-state index contributed by atoms with van der Waals surface area (Å²) in [6, 6.07) is 3.39. The first-order chi connectivity index (χ1) is 11.4. The van der Waals surface area contributed by atoms with Gasteiger partial charge in [0.15, 0.2) is 11.6 Å². The number of aliphatic carboxylic acids is 1. The van der Waals surface area contributed by atoms with Crippen LogP contribution in [0.2, 0.25) is 0 Å². The third-order valence-electron chi connectivity index (χ3n) is 4.00. The number of carboxylic acid groups (broad SMARTS) is 1. The number of carboxylic acids is 1. The predicted octanol–water partition coefficient (Wildman–Crippen LogP) is 2.42. The van der Waals surface area contributed by atoms with E-state index in [0.717, 1.165) is 12.5 Å². The van der Waals surface area contributed by atoms with Gasteiger partial charge >= 0.3 is 12.1 Å². The van der Waals surface area contributed by atoms with Crippen LogP contribution in [-0.2, 0) is 19.8 Å². The number of hydrogen-bond acceptors (Lipinski definition) is 4. The summed E-state index contributed by atoms with van der Waals surface area (Å²) in [4.78, 5) is 23.6. The van der Waals surface area contributed by atoms with Crippen molar-refractivity contribution < 1.29 is 33.0 Å². The summed E-state index contributed by atoms with van der Waals surface area (Å²) in [5.74, 6) is -4.91. The molecule has 1 aromatic rings. The average Bonchev–Trinajstić information content (AvgIpc) is 2.95. The van der Waals surface area contributed by atoms with Gasteiger partial charge in [0.1, 0.15) is 11.5 Å². The van der Waals surface area contributed by atoms with E-state index in [4.69, 9.17) is 9.47 Å². The number of nitrogens with one attached hydrogen (secondary N) is 1. The molecule has 2 N–H and O–H groups in total. The topological polar surface area (TPSA) is 84.9 Å². The Balaban J connectivity index is 2.37. The lowest BCUT2D eigenvalue weighted by Gasteiger charge is -2.33. The molecule has 1 amide bonds. The highest BCUT2D eigenvalue weighted by atomic mass is 19.2. The molecule has 1 aromatic carbocycles. The van der Waals surface area contributed by atoms with Gasteiger partial charge in [0, 0.05) is 5.56 Å². The summed E-state index contributed by atoms with van der Waals surface area (Å²) >= 11 is 0. The van der Waals surface area contributed by atoms with Crippen LogP contribution < -0.4 is 5.32 Å². The summed E-state index contributed by atoms with van der Waals surface area (Å²) < 4.78 is 38.0. The Labute approximate surface area is 137 Å². The summed E-state index contributed by atoms with van der Waals surface area (Å²) in [6.45, 7) is 1.52. The lowest BCUT2D eigenvalue weighted by molar-refractivity contribution is -0.143. The second kappa shape index (κ2) is 7.57. The van der Waals surface area contributed by atoms with Crippen molar-refractivity contribution in [3.05, 3.63) is 35.4 Å². The number of carbonyl (C=O) groups is 2. The van der Waals surface area contributed by atoms with Crippen molar-refractivity contribution >= 4 is 12.1 Å². The fourth-order valence-electron chi connectivity index (χ4n) is 2.69. The predicted molar refractivity (Wildman–Crippen MR) is 79.4 cm³/mol. The molecule has 1 aliphatic heterocycles. The van der Waals surface area contributed by atoms with Gasteiger partial charge in [-0.25, -0.2) is 13.6 Å². The SMILES string of the molecule is CCCCOC(=O)N[C@@]1(c2cccc(F)c2F)COC[C@H]1C(=O)O. The third-order valence-corrected chi connectivity index (χ3v) is 4.00. The van der Waals surface area contributed by atoms with E-state index in [9.17, 15) is 23.5 Å². The van der Waals surface area contributed by atoms with E-state index in [-0.39, 0.29) is 25.4 Å². The maximum atomic E-state index is 14.3. The molecule has 0 unspecified atom stereocenters. The van der Waals surface area contributed by atoms with Crippen LogP contribution in [0.4, 0.5) is 13.6 Å². The van der Waals surface area contributed by atoms with Crippen molar-refractivity contribution in [3.63, 3.8) is 0 Å². The largest absolute Gasteiger partial charge is 0.481 e. The van der Waals surface area contributed by atoms with Gasteiger partial charge in [-0.15, -0.1) is 0 Å². The number of unbranched alkanes of at least 4 members (excludes halogenated alkanes) is 1. The maximum Gasteiger partial charge on any atom is 0.407 e. The maximum absolute atomic E-state index is 14.3. The van der Waals surface area contributed by atoms with Gasteiger partial charge < -0.3 is 19.9 Å². The highest BCUT2D eigenvalue weighted by molar-refractivity contribution is 5.76. The first-order valence-corrected chi connectivity index (χ1v) is 7.62. The standard InChI is InChI=1S/C16H19F2NO5/c1-2-3-7-24-15(22)19-16(9-23-8-11(16)14(20)21)10-5-4-6-12(17)13(10)18/h4-6,11H,2-3,7-9H2,1H3,(H,19,22)(H,20,21)/t11-,16+/m0/s1. The molecule has 0 saturated carbocycles. The Morgan fingerprint density at radius 1 is 1.46 bits per heavy atom. The molecule has 0 radical (unpaired) electrons. The van der Waals surface area contributed by atoms with Gasteiger partial charge in [-0.1, -0.05) is 25.5 Å². The fraction of sp³-hybridized carbons (Fsp3) is 0.500. The van der Waals surface area contributed by atoms with Gasteiger partial charge in [-0.05, 0) is 12.5 Å². The van der Waals surface area contributed by atoms with Crippen molar-refractivity contribution in [2.75, 3.05) is 19.8 Å². The van der Waals surface area contributed by atoms with E-state index in [1.54, 1.807) is 0 Å². The van der Waals surface area contributed by atoms with Crippen LogP contribution >= 0.6 is 0 Å². The van der Waals surface area contributed by atoms with Gasteiger partial charge in [0.2, 0.25) is 0 Å². The van der Waals surface area contributed by atoms with Gasteiger partial charge in [-0.2, -0.15) is 0 Å². The smallest absolute Gasteiger partial charge is 0.407 e.